The second-order valence-corrected chi connectivity index (χ2v) is 5.50. The number of benzene rings is 1. The number of nitrogens with zero attached hydrogens (tertiary/aromatic N) is 1. The normalized spacial score (nSPS) is 21.1. The maximum Gasteiger partial charge on any atom is 0.123 e. The molecular formula is C13H19FN2OS. The summed E-state index contributed by atoms with van der Waals surface area (Å²) in [7, 11) is 0. The van der Waals surface area contributed by atoms with Crippen LogP contribution in [0.1, 0.15) is 0 Å². The van der Waals surface area contributed by atoms with Gasteiger partial charge in [0.1, 0.15) is 5.82 Å². The van der Waals surface area contributed by atoms with E-state index in [1.165, 1.54) is 12.1 Å². The number of rotatable bonds is 5. The van der Waals surface area contributed by atoms with Crippen LogP contribution in [0.25, 0.3) is 0 Å². The van der Waals surface area contributed by atoms with Gasteiger partial charge in [-0.15, -0.1) is 11.8 Å². The quantitative estimate of drug-likeness (QED) is 0.825. The van der Waals surface area contributed by atoms with Crippen molar-refractivity contribution >= 4 is 11.8 Å². The zero-order valence-electron chi connectivity index (χ0n) is 10.3. The van der Waals surface area contributed by atoms with Gasteiger partial charge in [0.05, 0.1) is 12.7 Å². The Labute approximate surface area is 111 Å². The van der Waals surface area contributed by atoms with E-state index in [-0.39, 0.29) is 11.9 Å². The summed E-state index contributed by atoms with van der Waals surface area (Å²) in [5.74, 6) is 0.821. The first-order valence-electron chi connectivity index (χ1n) is 6.20. The first-order valence-corrected chi connectivity index (χ1v) is 7.19. The molecule has 0 amide bonds. The van der Waals surface area contributed by atoms with Crippen LogP contribution in [0.15, 0.2) is 29.2 Å². The third kappa shape index (κ3) is 4.24. The van der Waals surface area contributed by atoms with Crippen molar-refractivity contribution in [3.8, 4) is 0 Å². The molecule has 1 aromatic carbocycles. The van der Waals surface area contributed by atoms with Gasteiger partial charge in [-0.2, -0.15) is 0 Å². The fraction of sp³-hybridized carbons (Fsp3) is 0.538. The molecule has 1 aromatic rings. The molecule has 2 N–H and O–H groups in total. The maximum absolute atomic E-state index is 12.7. The number of halogens is 1. The molecule has 2 rings (SSSR count). The van der Waals surface area contributed by atoms with Crippen LogP contribution in [0.3, 0.4) is 0 Å². The zero-order valence-corrected chi connectivity index (χ0v) is 11.2. The lowest BCUT2D eigenvalue weighted by molar-refractivity contribution is -0.0208. The van der Waals surface area contributed by atoms with Crippen LogP contribution in [0.4, 0.5) is 4.39 Å². The summed E-state index contributed by atoms with van der Waals surface area (Å²) >= 11 is 1.75. The van der Waals surface area contributed by atoms with Gasteiger partial charge in [-0.25, -0.2) is 4.39 Å². The Hall–Kier alpha value is -0.620. The number of thioether (sulfide) groups is 1. The van der Waals surface area contributed by atoms with E-state index in [2.05, 4.69) is 4.90 Å². The summed E-state index contributed by atoms with van der Waals surface area (Å²) in [6, 6.07) is 6.65. The predicted octanol–water partition coefficient (Wildman–Crippen LogP) is 1.58. The molecule has 3 nitrogen and oxygen atoms in total. The molecule has 1 saturated heterocycles. The van der Waals surface area contributed by atoms with Gasteiger partial charge in [0, 0.05) is 36.8 Å². The lowest BCUT2D eigenvalue weighted by Gasteiger charge is -2.32. The van der Waals surface area contributed by atoms with E-state index in [1.54, 1.807) is 11.8 Å². The number of nitrogens with two attached hydrogens (primary N) is 1. The van der Waals surface area contributed by atoms with Gasteiger partial charge in [0.25, 0.3) is 0 Å². The van der Waals surface area contributed by atoms with Gasteiger partial charge >= 0.3 is 0 Å². The first-order chi connectivity index (χ1) is 8.78. The second-order valence-electron chi connectivity index (χ2n) is 4.33. The highest BCUT2D eigenvalue weighted by Gasteiger charge is 2.18. The van der Waals surface area contributed by atoms with E-state index in [4.69, 9.17) is 10.5 Å². The van der Waals surface area contributed by atoms with Crippen molar-refractivity contribution in [1.82, 2.24) is 4.90 Å². The van der Waals surface area contributed by atoms with Crippen LogP contribution in [0, 0.1) is 5.82 Å². The molecule has 1 unspecified atom stereocenters. The van der Waals surface area contributed by atoms with E-state index >= 15 is 0 Å². The third-order valence-corrected chi connectivity index (χ3v) is 3.97. The average molecular weight is 270 g/mol. The molecule has 1 aliphatic rings. The summed E-state index contributed by atoms with van der Waals surface area (Å²) in [5.41, 5.74) is 5.61. The van der Waals surface area contributed by atoms with E-state index in [0.717, 1.165) is 36.9 Å². The number of ether oxygens (including phenoxy) is 1. The fourth-order valence-corrected chi connectivity index (χ4v) is 2.86. The Morgan fingerprint density at radius 1 is 1.39 bits per heavy atom. The molecule has 0 radical (unpaired) electrons. The summed E-state index contributed by atoms with van der Waals surface area (Å²) in [6.07, 6.45) is 0.176. The largest absolute Gasteiger partial charge is 0.374 e. The van der Waals surface area contributed by atoms with Crippen LogP contribution in [-0.2, 0) is 4.74 Å². The molecular weight excluding hydrogens is 251 g/mol. The second kappa shape index (κ2) is 7.09. The first kappa shape index (κ1) is 13.8. The van der Waals surface area contributed by atoms with Gasteiger partial charge in [0.15, 0.2) is 0 Å². The van der Waals surface area contributed by atoms with Gasteiger partial charge in [-0.3, -0.25) is 4.90 Å². The van der Waals surface area contributed by atoms with Crippen LogP contribution in [-0.4, -0.2) is 49.5 Å². The topological polar surface area (TPSA) is 38.5 Å². The molecule has 1 atom stereocenters. The highest BCUT2D eigenvalue weighted by Crippen LogP contribution is 2.18. The van der Waals surface area contributed by atoms with Crippen molar-refractivity contribution in [2.75, 3.05) is 38.5 Å². The van der Waals surface area contributed by atoms with Gasteiger partial charge in [-0.1, -0.05) is 0 Å². The van der Waals surface area contributed by atoms with E-state index in [0.29, 0.717) is 6.54 Å². The summed E-state index contributed by atoms with van der Waals surface area (Å²) in [4.78, 5) is 3.48. The minimum atomic E-state index is -0.182. The molecule has 0 bridgehead atoms. The van der Waals surface area contributed by atoms with Crippen molar-refractivity contribution in [2.45, 2.75) is 11.0 Å². The van der Waals surface area contributed by atoms with Crippen molar-refractivity contribution in [3.63, 3.8) is 0 Å². The highest BCUT2D eigenvalue weighted by atomic mass is 32.2. The summed E-state index contributed by atoms with van der Waals surface area (Å²) < 4.78 is 18.3. The Kier molecular flexibility index (Phi) is 5.44. The third-order valence-electron chi connectivity index (χ3n) is 2.98. The summed E-state index contributed by atoms with van der Waals surface area (Å²) in [5, 5.41) is 0. The number of hydrogen-bond acceptors (Lipinski definition) is 4. The highest BCUT2D eigenvalue weighted by molar-refractivity contribution is 7.99. The van der Waals surface area contributed by atoms with E-state index < -0.39 is 0 Å². The van der Waals surface area contributed by atoms with Crippen molar-refractivity contribution in [2.24, 2.45) is 5.73 Å². The predicted molar refractivity (Wildman–Crippen MR) is 72.4 cm³/mol. The van der Waals surface area contributed by atoms with Crippen molar-refractivity contribution in [3.05, 3.63) is 30.1 Å². The lowest BCUT2D eigenvalue weighted by atomic mass is 10.3. The molecule has 1 aliphatic heterocycles. The van der Waals surface area contributed by atoms with Crippen LogP contribution in [0.5, 0.6) is 0 Å². The maximum atomic E-state index is 12.7. The molecule has 0 saturated carbocycles. The molecule has 0 spiro atoms. The van der Waals surface area contributed by atoms with E-state index in [1.807, 2.05) is 12.1 Å². The Bertz CT molecular complexity index is 361. The van der Waals surface area contributed by atoms with E-state index in [9.17, 15) is 4.39 Å². The van der Waals surface area contributed by atoms with Crippen LogP contribution < -0.4 is 5.73 Å². The van der Waals surface area contributed by atoms with Gasteiger partial charge in [0.2, 0.25) is 0 Å². The smallest absolute Gasteiger partial charge is 0.123 e. The van der Waals surface area contributed by atoms with Crippen molar-refractivity contribution in [1.29, 1.82) is 0 Å². The zero-order chi connectivity index (χ0) is 12.8. The lowest BCUT2D eigenvalue weighted by Crippen LogP contribution is -2.46. The SMILES string of the molecule is NCC1CN(CCSc2ccc(F)cc2)CCO1. The standard InChI is InChI=1S/C13H19FN2OS/c14-11-1-3-13(4-2-11)18-8-6-16-5-7-17-12(9-15)10-16/h1-4,12H,5-10,15H2. The van der Waals surface area contributed by atoms with Gasteiger partial charge in [-0.05, 0) is 24.3 Å². The molecule has 18 heavy (non-hydrogen) atoms. The minimum Gasteiger partial charge on any atom is -0.374 e. The molecule has 1 fully saturated rings. The Balaban J connectivity index is 1.70. The molecule has 1 heterocycles. The monoisotopic (exact) mass is 270 g/mol. The van der Waals surface area contributed by atoms with Crippen LogP contribution in [0.2, 0.25) is 0 Å². The minimum absolute atomic E-state index is 0.176. The molecule has 100 valence electrons. The van der Waals surface area contributed by atoms with Crippen LogP contribution >= 0.6 is 11.8 Å². The molecule has 0 aliphatic carbocycles. The van der Waals surface area contributed by atoms with Gasteiger partial charge < -0.3 is 10.5 Å². The Morgan fingerprint density at radius 2 is 2.17 bits per heavy atom. The Morgan fingerprint density at radius 3 is 2.89 bits per heavy atom. The average Bonchev–Trinajstić information content (AvgIpc) is 2.41. The fourth-order valence-electron chi connectivity index (χ4n) is 1.95. The molecule has 0 aromatic heterocycles. The number of hydrogen-bond donors (Lipinski definition) is 1. The number of morpholine rings is 1. The molecule has 5 heteroatoms. The van der Waals surface area contributed by atoms with Crippen molar-refractivity contribution < 1.29 is 9.13 Å². The summed E-state index contributed by atoms with van der Waals surface area (Å²) in [6.45, 7) is 4.26.